The topological polar surface area (TPSA) is 30.7 Å². The number of fused-ring (bicyclic) bond motifs is 3. The molecule has 0 unspecified atom stereocenters. The van der Waals surface area contributed by atoms with Crippen molar-refractivity contribution in [1.82, 2.24) is 15.0 Å². The van der Waals surface area contributed by atoms with Crippen LogP contribution in [-0.2, 0) is 0 Å². The van der Waals surface area contributed by atoms with Crippen LogP contribution in [0.1, 0.15) is 25.5 Å². The fourth-order valence-corrected chi connectivity index (χ4v) is 2.17. The smallest absolute Gasteiger partial charge is 0.121 e. The zero-order valence-corrected chi connectivity index (χ0v) is 10.3. The quantitative estimate of drug-likeness (QED) is 0.635. The highest BCUT2D eigenvalue weighted by Crippen LogP contribution is 2.26. The molecule has 0 aliphatic heterocycles. The molecule has 0 atom stereocenters. The number of benzene rings is 2. The summed E-state index contributed by atoms with van der Waals surface area (Å²) in [5.74, 6) is 0. The van der Waals surface area contributed by atoms with E-state index < -0.39 is 0 Å². The lowest BCUT2D eigenvalue weighted by atomic mass is 10.0. The van der Waals surface area contributed by atoms with Crippen LogP contribution in [-0.4, -0.2) is 15.0 Å². The van der Waals surface area contributed by atoms with Crippen molar-refractivity contribution in [2.24, 2.45) is 0 Å². The largest absolute Gasteiger partial charge is 0.181 e. The Hall–Kier alpha value is -1.90. The molecule has 0 aliphatic rings. The van der Waals surface area contributed by atoms with Crippen LogP contribution in [0, 0.1) is 6.92 Å². The normalized spacial score (nSPS) is 11.8. The number of rotatable bonds is 1. The van der Waals surface area contributed by atoms with Gasteiger partial charge in [-0.05, 0) is 37.8 Å². The van der Waals surface area contributed by atoms with Gasteiger partial charge in [0.2, 0.25) is 0 Å². The first-order chi connectivity index (χ1) is 8.16. The summed E-state index contributed by atoms with van der Waals surface area (Å²) >= 11 is 0. The summed E-state index contributed by atoms with van der Waals surface area (Å²) in [4.78, 5) is 1.79. The molecule has 3 aromatic rings. The molecule has 3 nitrogen and oxygen atoms in total. The molecule has 1 aromatic heterocycles. The zero-order valence-electron chi connectivity index (χ0n) is 10.3. The average Bonchev–Trinajstić information content (AvgIpc) is 2.73. The third-order valence-electron chi connectivity index (χ3n) is 3.08. The van der Waals surface area contributed by atoms with Gasteiger partial charge in [0.05, 0.1) is 6.04 Å². The van der Waals surface area contributed by atoms with Gasteiger partial charge in [0.15, 0.2) is 0 Å². The molecule has 0 aliphatic carbocycles. The van der Waals surface area contributed by atoms with Crippen molar-refractivity contribution in [1.29, 1.82) is 0 Å². The maximum Gasteiger partial charge on any atom is 0.121 e. The molecule has 0 saturated heterocycles. The average molecular weight is 225 g/mol. The van der Waals surface area contributed by atoms with Crippen molar-refractivity contribution in [3.05, 3.63) is 35.9 Å². The Bertz CT molecular complexity index is 695. The second-order valence-corrected chi connectivity index (χ2v) is 4.72. The summed E-state index contributed by atoms with van der Waals surface area (Å²) in [5, 5.41) is 11.6. The second-order valence-electron chi connectivity index (χ2n) is 4.72. The third-order valence-corrected chi connectivity index (χ3v) is 3.08. The van der Waals surface area contributed by atoms with E-state index >= 15 is 0 Å². The highest BCUT2D eigenvalue weighted by molar-refractivity contribution is 6.05. The van der Waals surface area contributed by atoms with Crippen LogP contribution in [0.3, 0.4) is 0 Å². The minimum absolute atomic E-state index is 0.293. The molecule has 86 valence electrons. The Morgan fingerprint density at radius 2 is 1.76 bits per heavy atom. The van der Waals surface area contributed by atoms with Crippen molar-refractivity contribution in [3.63, 3.8) is 0 Å². The molecule has 0 radical (unpaired) electrons. The summed E-state index contributed by atoms with van der Waals surface area (Å²) in [6.45, 7) is 6.30. The predicted octanol–water partition coefficient (Wildman–Crippen LogP) is 3.47. The summed E-state index contributed by atoms with van der Waals surface area (Å²) < 4.78 is 0. The van der Waals surface area contributed by atoms with E-state index in [1.54, 1.807) is 4.80 Å². The SMILES string of the molecule is Cc1cc2nn(C(C)C)nc2c2ccccc12. The van der Waals surface area contributed by atoms with Crippen molar-refractivity contribution in [3.8, 4) is 0 Å². The molecule has 0 saturated carbocycles. The minimum atomic E-state index is 0.293. The summed E-state index contributed by atoms with van der Waals surface area (Å²) in [7, 11) is 0. The van der Waals surface area contributed by atoms with E-state index in [0.29, 0.717) is 6.04 Å². The van der Waals surface area contributed by atoms with Crippen LogP contribution in [0.25, 0.3) is 21.8 Å². The lowest BCUT2D eigenvalue weighted by molar-refractivity contribution is 0.472. The van der Waals surface area contributed by atoms with Crippen LogP contribution >= 0.6 is 0 Å². The predicted molar refractivity (Wildman–Crippen MR) is 70.2 cm³/mol. The zero-order chi connectivity index (χ0) is 12.0. The van der Waals surface area contributed by atoms with E-state index in [-0.39, 0.29) is 0 Å². The molecule has 0 amide bonds. The van der Waals surface area contributed by atoms with Gasteiger partial charge < -0.3 is 0 Å². The lowest BCUT2D eigenvalue weighted by Crippen LogP contribution is -2.04. The monoisotopic (exact) mass is 225 g/mol. The van der Waals surface area contributed by atoms with Crippen molar-refractivity contribution >= 4 is 21.8 Å². The summed E-state index contributed by atoms with van der Waals surface area (Å²) in [5.41, 5.74) is 3.23. The maximum absolute atomic E-state index is 4.59. The molecular weight excluding hydrogens is 210 g/mol. The Balaban J connectivity index is 2.46. The van der Waals surface area contributed by atoms with Crippen LogP contribution in [0.2, 0.25) is 0 Å². The van der Waals surface area contributed by atoms with Gasteiger partial charge in [-0.2, -0.15) is 15.0 Å². The number of hydrogen-bond acceptors (Lipinski definition) is 2. The van der Waals surface area contributed by atoms with Gasteiger partial charge in [-0.15, -0.1) is 0 Å². The molecule has 1 heterocycles. The molecule has 0 fully saturated rings. The molecule has 0 bridgehead atoms. The molecule has 0 spiro atoms. The Morgan fingerprint density at radius 1 is 1.06 bits per heavy atom. The third kappa shape index (κ3) is 1.50. The van der Waals surface area contributed by atoms with Crippen LogP contribution in [0.5, 0.6) is 0 Å². The van der Waals surface area contributed by atoms with E-state index in [9.17, 15) is 0 Å². The molecule has 3 heteroatoms. The second kappa shape index (κ2) is 3.55. The first kappa shape index (κ1) is 10.3. The van der Waals surface area contributed by atoms with E-state index in [2.05, 4.69) is 61.3 Å². The van der Waals surface area contributed by atoms with Gasteiger partial charge in [0.25, 0.3) is 0 Å². The van der Waals surface area contributed by atoms with Crippen LogP contribution in [0.4, 0.5) is 0 Å². The molecule has 0 N–H and O–H groups in total. The molecule has 2 aromatic carbocycles. The van der Waals surface area contributed by atoms with Gasteiger partial charge in [-0.3, -0.25) is 0 Å². The first-order valence-electron chi connectivity index (χ1n) is 5.91. The standard InChI is InChI=1S/C14H15N3/c1-9(2)17-15-13-8-10(3)11-6-4-5-7-12(11)14(13)16-17/h4-9H,1-3H3. The number of nitrogens with zero attached hydrogens (tertiary/aromatic N) is 3. The minimum Gasteiger partial charge on any atom is -0.181 e. The van der Waals surface area contributed by atoms with Crippen molar-refractivity contribution < 1.29 is 0 Å². The first-order valence-corrected chi connectivity index (χ1v) is 5.91. The van der Waals surface area contributed by atoms with Crippen LogP contribution in [0.15, 0.2) is 30.3 Å². The molecule has 17 heavy (non-hydrogen) atoms. The van der Waals surface area contributed by atoms with Gasteiger partial charge in [0.1, 0.15) is 11.0 Å². The summed E-state index contributed by atoms with van der Waals surface area (Å²) in [6.07, 6.45) is 0. The van der Waals surface area contributed by atoms with Crippen molar-refractivity contribution in [2.75, 3.05) is 0 Å². The number of aryl methyl sites for hydroxylation is 1. The Labute approximate surface area is 100 Å². The van der Waals surface area contributed by atoms with Crippen LogP contribution < -0.4 is 0 Å². The molecular formula is C14H15N3. The van der Waals surface area contributed by atoms with E-state index in [0.717, 1.165) is 11.0 Å². The highest BCUT2D eigenvalue weighted by Gasteiger charge is 2.10. The fraction of sp³-hybridized carbons (Fsp3) is 0.286. The highest BCUT2D eigenvalue weighted by atomic mass is 15.5. The number of hydrogen-bond donors (Lipinski definition) is 0. The molecule has 3 rings (SSSR count). The van der Waals surface area contributed by atoms with Gasteiger partial charge in [-0.25, -0.2) is 0 Å². The van der Waals surface area contributed by atoms with Crippen molar-refractivity contribution in [2.45, 2.75) is 26.8 Å². The van der Waals surface area contributed by atoms with E-state index in [1.165, 1.54) is 16.3 Å². The van der Waals surface area contributed by atoms with E-state index in [4.69, 9.17) is 0 Å². The Kier molecular flexibility index (Phi) is 2.15. The maximum atomic E-state index is 4.59. The Morgan fingerprint density at radius 3 is 2.47 bits per heavy atom. The number of aromatic nitrogens is 3. The van der Waals surface area contributed by atoms with E-state index in [1.807, 2.05) is 0 Å². The lowest BCUT2D eigenvalue weighted by Gasteiger charge is -2.01. The van der Waals surface area contributed by atoms with Gasteiger partial charge in [-0.1, -0.05) is 24.3 Å². The summed E-state index contributed by atoms with van der Waals surface area (Å²) in [6, 6.07) is 10.8. The van der Waals surface area contributed by atoms with Gasteiger partial charge in [0, 0.05) is 5.39 Å². The van der Waals surface area contributed by atoms with Gasteiger partial charge >= 0.3 is 0 Å². The fourth-order valence-electron chi connectivity index (χ4n) is 2.17.